The SMILES string of the molecule is C=CCB1OC(C)(C)C(C)(C)O1.CC(Cl)Cl.CCCc1ncc(F)c(Nc2n[nH]c3c2CN(C(=O)N2CC(C)(C)N(C)C[C@@H]2C)C3(C)C)n1.C[C@H]1CN(C)C(C)(C)CN1C(=O)N1Cc2c(Nc3nc(Cl)ncc3F)n[nH]c2C1(C)C.I. The first-order valence-corrected chi connectivity index (χ1v) is 28.5. The lowest BCUT2D eigenvalue weighted by Crippen LogP contribution is -2.65. The summed E-state index contributed by atoms with van der Waals surface area (Å²) in [6.45, 7) is 40.0. The summed E-state index contributed by atoms with van der Waals surface area (Å²) in [5.74, 6) is 0.340. The average molecular weight is 1300 g/mol. The quantitative estimate of drug-likeness (QED) is 0.0426. The molecular formula is C54H85BCl3F2IN16O4. The molecule has 4 aromatic heterocycles. The number of aromatic nitrogens is 8. The molecule has 5 aliphatic rings. The number of allylic oxidation sites excluding steroid dienone is 1. The zero-order valence-electron chi connectivity index (χ0n) is 50.4. The number of hydrogen-bond acceptors (Lipinski definition) is 14. The van der Waals surface area contributed by atoms with Gasteiger partial charge in [-0.3, -0.25) is 20.0 Å². The van der Waals surface area contributed by atoms with E-state index in [-0.39, 0.29) is 99.3 Å². The maximum atomic E-state index is 14.4. The molecule has 4 amide bonds. The molecule has 20 nitrogen and oxygen atoms in total. The number of alkyl halides is 2. The Bertz CT molecular complexity index is 2840. The summed E-state index contributed by atoms with van der Waals surface area (Å²) in [5, 5.41) is 20.6. The minimum Gasteiger partial charge on any atom is -0.403 e. The molecule has 450 valence electrons. The van der Waals surface area contributed by atoms with Crippen LogP contribution in [0.4, 0.5) is 41.6 Å². The molecule has 0 unspecified atom stereocenters. The van der Waals surface area contributed by atoms with Crippen LogP contribution in [0.15, 0.2) is 25.0 Å². The van der Waals surface area contributed by atoms with E-state index in [4.69, 9.17) is 44.1 Å². The lowest BCUT2D eigenvalue weighted by Gasteiger charge is -2.50. The molecule has 0 saturated carbocycles. The third-order valence-electron chi connectivity index (χ3n) is 16.3. The van der Waals surface area contributed by atoms with E-state index in [9.17, 15) is 18.4 Å². The fraction of sp³-hybridized carbons (Fsp3) is 0.667. The first kappa shape index (κ1) is 67.6. The number of halogens is 6. The molecule has 9 heterocycles. The van der Waals surface area contributed by atoms with Crippen molar-refractivity contribution < 1.29 is 27.7 Å². The second-order valence-electron chi connectivity index (χ2n) is 24.6. The molecule has 2 atom stereocenters. The van der Waals surface area contributed by atoms with Gasteiger partial charge in [-0.2, -0.15) is 15.2 Å². The zero-order valence-corrected chi connectivity index (χ0v) is 55.0. The van der Waals surface area contributed by atoms with Crippen LogP contribution in [-0.4, -0.2) is 168 Å². The number of hydrogen-bond donors (Lipinski definition) is 4. The number of rotatable bonds is 8. The first-order chi connectivity index (χ1) is 37.0. The molecule has 0 radical (unpaired) electrons. The van der Waals surface area contributed by atoms with Crippen molar-refractivity contribution in [1.29, 1.82) is 0 Å². The predicted octanol–water partition coefficient (Wildman–Crippen LogP) is 11.6. The van der Waals surface area contributed by atoms with Crippen LogP contribution in [0.3, 0.4) is 0 Å². The Balaban J connectivity index is 0.000000233. The predicted molar refractivity (Wildman–Crippen MR) is 328 cm³/mol. The Labute approximate surface area is 510 Å². The van der Waals surface area contributed by atoms with Gasteiger partial charge in [0.2, 0.25) is 5.28 Å². The number of fused-ring (bicyclic) bond motifs is 2. The van der Waals surface area contributed by atoms with Gasteiger partial charge in [0.1, 0.15) is 10.7 Å². The van der Waals surface area contributed by atoms with Crippen LogP contribution in [0.2, 0.25) is 11.6 Å². The van der Waals surface area contributed by atoms with Crippen molar-refractivity contribution in [2.24, 2.45) is 0 Å². The van der Waals surface area contributed by atoms with E-state index in [0.29, 0.717) is 50.1 Å². The van der Waals surface area contributed by atoms with E-state index in [1.807, 2.05) is 60.3 Å². The second kappa shape index (κ2) is 26.0. The third kappa shape index (κ3) is 14.8. The lowest BCUT2D eigenvalue weighted by molar-refractivity contribution is 0.00578. The van der Waals surface area contributed by atoms with Crippen LogP contribution in [0.1, 0.15) is 146 Å². The van der Waals surface area contributed by atoms with E-state index < -0.39 is 22.7 Å². The fourth-order valence-electron chi connectivity index (χ4n) is 10.2. The number of anilines is 4. The number of nitrogens with one attached hydrogen (secondary N) is 4. The van der Waals surface area contributed by atoms with Crippen molar-refractivity contribution in [1.82, 2.24) is 69.7 Å². The van der Waals surface area contributed by atoms with Gasteiger partial charge in [0.05, 0.1) is 59.2 Å². The zero-order chi connectivity index (χ0) is 59.8. The highest BCUT2D eigenvalue weighted by Crippen LogP contribution is 2.44. The van der Waals surface area contributed by atoms with Gasteiger partial charge >= 0.3 is 19.2 Å². The van der Waals surface area contributed by atoms with Gasteiger partial charge in [-0.05, 0) is 136 Å². The number of H-pyrrole nitrogens is 2. The van der Waals surface area contributed by atoms with Crippen molar-refractivity contribution in [3.05, 3.63) is 70.3 Å². The summed E-state index contributed by atoms with van der Waals surface area (Å²) < 4.78 is 39.9. The Morgan fingerprint density at radius 1 is 0.753 bits per heavy atom. The standard InChI is InChI=1S/C23H35FN8O.C20H28ClFN8O.C9H17BO2.C2H4Cl2.HI/c1-8-9-17-25-10-16(24)20(26-17)27-19-15-12-32(23(5,6)18(15)28-29-19)21(33)31-13-22(3,4)30(7)11-14(31)2;1-11-8-28(6)19(2,3)10-29(11)18(31)30-9-12-14(20(30,4)5)26-27-15(12)24-16-13(22)7-23-17(21)25-16;1-6-7-10-11-8(2,3)9(4,5)12-10;1-2(3)4;/h10,14H,8-9,11-13H2,1-7H3,(H2,25,26,27,28,29);7,11H,8-10H2,1-6H3,(H2,23,24,25,26,27);6H,1,7H2,2-5H3;2H,1H3;1H/t14-;11-;;;/m00.../s1. The summed E-state index contributed by atoms with van der Waals surface area (Å²) in [6, 6.07) is 0.175. The van der Waals surface area contributed by atoms with E-state index in [0.717, 1.165) is 54.5 Å². The number of urea groups is 2. The molecular weight excluding hydrogens is 1220 g/mol. The number of carbonyl (C=O) groups is 2. The fourth-order valence-corrected chi connectivity index (χ4v) is 10.4. The molecule has 27 heteroatoms. The maximum absolute atomic E-state index is 14.4. The Morgan fingerprint density at radius 2 is 1.15 bits per heavy atom. The topological polar surface area (TPSA) is 205 Å². The van der Waals surface area contributed by atoms with Crippen molar-refractivity contribution in [3.8, 4) is 0 Å². The normalized spacial score (nSPS) is 21.8. The second-order valence-corrected chi connectivity index (χ2v) is 26.5. The van der Waals surface area contributed by atoms with Gasteiger partial charge < -0.3 is 39.5 Å². The summed E-state index contributed by atoms with van der Waals surface area (Å²) in [5.41, 5.74) is 1.50. The summed E-state index contributed by atoms with van der Waals surface area (Å²) >= 11 is 15.9. The Hall–Kier alpha value is -4.18. The van der Waals surface area contributed by atoms with E-state index in [1.54, 1.807) is 6.92 Å². The number of likely N-dealkylation sites (N-methyl/N-ethyl adjacent to an activating group) is 2. The van der Waals surface area contributed by atoms with Gasteiger partial charge in [-0.1, -0.05) is 13.0 Å². The van der Waals surface area contributed by atoms with Gasteiger partial charge in [-0.15, -0.1) is 53.8 Å². The Kier molecular flexibility index (Phi) is 21.7. The molecule has 81 heavy (non-hydrogen) atoms. The number of nitrogens with zero attached hydrogens (tertiary/aromatic N) is 12. The van der Waals surface area contributed by atoms with Gasteiger partial charge in [0.15, 0.2) is 34.9 Å². The van der Waals surface area contributed by atoms with Gasteiger partial charge in [-0.25, -0.2) is 33.3 Å². The number of piperazine rings is 2. The molecule has 9 rings (SSSR count). The minimum absolute atomic E-state index is 0. The van der Waals surface area contributed by atoms with Gasteiger partial charge in [0.25, 0.3) is 0 Å². The largest absolute Gasteiger partial charge is 0.461 e. The van der Waals surface area contributed by atoms with Crippen LogP contribution in [-0.2, 0) is 39.9 Å². The van der Waals surface area contributed by atoms with Crippen LogP contribution in [0, 0.1) is 11.6 Å². The molecule has 0 bridgehead atoms. The van der Waals surface area contributed by atoms with Gasteiger partial charge in [0, 0.05) is 73.2 Å². The highest BCUT2D eigenvalue weighted by atomic mass is 127. The molecule has 5 aliphatic heterocycles. The number of aryl methyl sites for hydroxylation is 1. The number of carbonyl (C=O) groups excluding carboxylic acids is 2. The summed E-state index contributed by atoms with van der Waals surface area (Å²) in [7, 11) is 4.07. The van der Waals surface area contributed by atoms with Crippen LogP contribution in [0.5, 0.6) is 0 Å². The Morgan fingerprint density at radius 3 is 1.54 bits per heavy atom. The molecule has 0 aromatic carbocycles. The van der Waals surface area contributed by atoms with E-state index in [1.165, 1.54) is 6.20 Å². The number of amides is 4. The average Bonchev–Trinajstić information content (AvgIpc) is 4.12. The van der Waals surface area contributed by atoms with Crippen LogP contribution >= 0.6 is 58.8 Å². The van der Waals surface area contributed by atoms with Crippen LogP contribution in [0.25, 0.3) is 0 Å². The molecule has 4 aromatic rings. The highest BCUT2D eigenvalue weighted by molar-refractivity contribution is 14.0. The molecule has 0 aliphatic carbocycles. The summed E-state index contributed by atoms with van der Waals surface area (Å²) in [6.07, 6.45) is 6.30. The van der Waals surface area contributed by atoms with Crippen molar-refractivity contribution in [2.45, 2.75) is 193 Å². The molecule has 0 spiro atoms. The summed E-state index contributed by atoms with van der Waals surface area (Å²) in [4.78, 5) is 55.2. The smallest absolute Gasteiger partial charge is 0.403 e. The molecule has 3 fully saturated rings. The monoisotopic (exact) mass is 1300 g/mol. The first-order valence-electron chi connectivity index (χ1n) is 27.2. The van der Waals surface area contributed by atoms with Crippen LogP contribution < -0.4 is 10.6 Å². The lowest BCUT2D eigenvalue weighted by atomic mass is 9.85. The maximum Gasteiger partial charge on any atom is 0.461 e. The van der Waals surface area contributed by atoms with Crippen molar-refractivity contribution in [3.63, 3.8) is 0 Å². The molecule has 4 N–H and O–H groups in total. The molecule has 3 saturated heterocycles. The van der Waals surface area contributed by atoms with Crippen molar-refractivity contribution >= 4 is 101 Å². The third-order valence-corrected chi connectivity index (χ3v) is 16.5. The minimum atomic E-state index is -0.639. The van der Waals surface area contributed by atoms with Crippen molar-refractivity contribution in [2.75, 3.05) is 50.9 Å². The van der Waals surface area contributed by atoms with E-state index in [2.05, 4.69) is 151 Å². The number of aromatic amines is 2. The highest BCUT2D eigenvalue weighted by Gasteiger charge is 2.52. The van der Waals surface area contributed by atoms with E-state index >= 15 is 0 Å².